The summed E-state index contributed by atoms with van der Waals surface area (Å²) in [4.78, 5) is 12.1. The smallest absolute Gasteiger partial charge is 0.338 e. The molecule has 1 atom stereocenters. The van der Waals surface area contributed by atoms with E-state index in [1.807, 2.05) is 6.26 Å². The van der Waals surface area contributed by atoms with Gasteiger partial charge in [-0.1, -0.05) is 6.07 Å². The standard InChI is InChI=1S/C13H17NO4S2/c1-19-11-6-2-5-10(12(11)13(15)16)14-9-4-3-7-20(17,18)8-9/h2,5-6,9,14H,3-4,7-8H2,1H3,(H,15,16). The van der Waals surface area contributed by atoms with Crippen molar-refractivity contribution >= 4 is 33.3 Å². The monoisotopic (exact) mass is 315 g/mol. The summed E-state index contributed by atoms with van der Waals surface area (Å²) < 4.78 is 23.3. The Bertz CT molecular complexity index is 613. The number of carbonyl (C=O) groups is 1. The number of thioether (sulfide) groups is 1. The summed E-state index contributed by atoms with van der Waals surface area (Å²) in [6.45, 7) is 0. The van der Waals surface area contributed by atoms with Gasteiger partial charge in [-0.15, -0.1) is 11.8 Å². The highest BCUT2D eigenvalue weighted by atomic mass is 32.2. The minimum Gasteiger partial charge on any atom is -0.478 e. The third-order valence-corrected chi connectivity index (χ3v) is 5.88. The summed E-state index contributed by atoms with van der Waals surface area (Å²) in [7, 11) is -3.02. The molecule has 20 heavy (non-hydrogen) atoms. The van der Waals surface area contributed by atoms with Crippen molar-refractivity contribution < 1.29 is 18.3 Å². The van der Waals surface area contributed by atoms with Gasteiger partial charge in [-0.2, -0.15) is 0 Å². The number of anilines is 1. The molecule has 0 aliphatic carbocycles. The Hall–Kier alpha value is -1.21. The van der Waals surface area contributed by atoms with Crippen molar-refractivity contribution in [1.82, 2.24) is 0 Å². The van der Waals surface area contributed by atoms with E-state index >= 15 is 0 Å². The van der Waals surface area contributed by atoms with Gasteiger partial charge < -0.3 is 10.4 Å². The predicted octanol–water partition coefficient (Wildman–Crippen LogP) is 2.10. The average molecular weight is 315 g/mol. The largest absolute Gasteiger partial charge is 0.478 e. The van der Waals surface area contributed by atoms with Gasteiger partial charge in [0, 0.05) is 10.9 Å². The molecule has 1 aliphatic rings. The Morgan fingerprint density at radius 2 is 2.20 bits per heavy atom. The van der Waals surface area contributed by atoms with Crippen LogP contribution in [0.5, 0.6) is 0 Å². The van der Waals surface area contributed by atoms with Gasteiger partial charge in [0.15, 0.2) is 9.84 Å². The SMILES string of the molecule is CSc1cccc(NC2CCCS(=O)(=O)C2)c1C(=O)O. The molecule has 1 fully saturated rings. The Morgan fingerprint density at radius 3 is 2.80 bits per heavy atom. The maximum absolute atomic E-state index is 11.6. The molecule has 0 radical (unpaired) electrons. The van der Waals surface area contributed by atoms with Crippen molar-refractivity contribution in [3.63, 3.8) is 0 Å². The van der Waals surface area contributed by atoms with E-state index in [4.69, 9.17) is 0 Å². The van der Waals surface area contributed by atoms with Crippen LogP contribution >= 0.6 is 11.8 Å². The van der Waals surface area contributed by atoms with Crippen molar-refractivity contribution in [1.29, 1.82) is 0 Å². The number of hydrogen-bond acceptors (Lipinski definition) is 5. The fourth-order valence-electron chi connectivity index (χ4n) is 2.40. The first kappa shape index (κ1) is 15.2. The number of nitrogens with one attached hydrogen (secondary N) is 1. The summed E-state index contributed by atoms with van der Waals surface area (Å²) >= 11 is 1.36. The lowest BCUT2D eigenvalue weighted by Crippen LogP contribution is -2.35. The molecule has 5 nitrogen and oxygen atoms in total. The van der Waals surface area contributed by atoms with E-state index in [1.54, 1.807) is 18.2 Å². The van der Waals surface area contributed by atoms with Crippen molar-refractivity contribution in [2.45, 2.75) is 23.8 Å². The van der Waals surface area contributed by atoms with Gasteiger partial charge in [0.1, 0.15) is 0 Å². The average Bonchev–Trinajstić information content (AvgIpc) is 2.36. The number of hydrogen-bond donors (Lipinski definition) is 2. The van der Waals surface area contributed by atoms with Crippen LogP contribution in [0.3, 0.4) is 0 Å². The Labute approximate surface area is 122 Å². The highest BCUT2D eigenvalue weighted by Crippen LogP contribution is 2.28. The molecule has 1 aromatic rings. The molecule has 1 saturated heterocycles. The van der Waals surface area contributed by atoms with E-state index < -0.39 is 15.8 Å². The highest BCUT2D eigenvalue weighted by Gasteiger charge is 2.26. The Morgan fingerprint density at radius 1 is 1.45 bits per heavy atom. The number of rotatable bonds is 4. The second-order valence-corrected chi connectivity index (χ2v) is 7.86. The molecule has 0 bridgehead atoms. The lowest BCUT2D eigenvalue weighted by molar-refractivity contribution is 0.0694. The third kappa shape index (κ3) is 3.46. The van der Waals surface area contributed by atoms with Crippen LogP contribution in [0.25, 0.3) is 0 Å². The maximum atomic E-state index is 11.6. The van der Waals surface area contributed by atoms with E-state index in [0.29, 0.717) is 17.0 Å². The minimum absolute atomic E-state index is 0.0650. The molecule has 0 spiro atoms. The van der Waals surface area contributed by atoms with Crippen LogP contribution in [-0.4, -0.2) is 43.3 Å². The van der Waals surface area contributed by atoms with Crippen molar-refractivity contribution in [3.05, 3.63) is 23.8 Å². The van der Waals surface area contributed by atoms with Crippen LogP contribution < -0.4 is 5.32 Å². The van der Waals surface area contributed by atoms with E-state index in [1.165, 1.54) is 11.8 Å². The van der Waals surface area contributed by atoms with E-state index in [-0.39, 0.29) is 23.1 Å². The van der Waals surface area contributed by atoms with Crippen molar-refractivity contribution in [2.75, 3.05) is 23.1 Å². The van der Waals surface area contributed by atoms with Gasteiger partial charge in [0.2, 0.25) is 0 Å². The summed E-state index contributed by atoms with van der Waals surface area (Å²) in [5, 5.41) is 12.4. The van der Waals surface area contributed by atoms with Crippen molar-refractivity contribution in [3.8, 4) is 0 Å². The number of carboxylic acid groups (broad SMARTS) is 1. The molecule has 0 saturated carbocycles. The number of aromatic carboxylic acids is 1. The van der Waals surface area contributed by atoms with Gasteiger partial charge in [0.05, 0.1) is 22.8 Å². The lowest BCUT2D eigenvalue weighted by Gasteiger charge is -2.25. The first-order chi connectivity index (χ1) is 9.43. The molecule has 2 N–H and O–H groups in total. The fourth-order valence-corrected chi connectivity index (χ4v) is 4.65. The van der Waals surface area contributed by atoms with Crippen LogP contribution in [0.4, 0.5) is 5.69 Å². The second-order valence-electron chi connectivity index (χ2n) is 4.79. The lowest BCUT2D eigenvalue weighted by atomic mass is 10.1. The van der Waals surface area contributed by atoms with Gasteiger partial charge >= 0.3 is 5.97 Å². The maximum Gasteiger partial charge on any atom is 0.338 e. The molecule has 0 amide bonds. The van der Waals surface area contributed by atoms with E-state index in [2.05, 4.69) is 5.32 Å². The van der Waals surface area contributed by atoms with Gasteiger partial charge in [0.25, 0.3) is 0 Å². The van der Waals surface area contributed by atoms with E-state index in [0.717, 1.165) is 6.42 Å². The van der Waals surface area contributed by atoms with Gasteiger partial charge in [-0.25, -0.2) is 13.2 Å². The van der Waals surface area contributed by atoms with Crippen LogP contribution in [0.2, 0.25) is 0 Å². The fraction of sp³-hybridized carbons (Fsp3) is 0.462. The molecule has 1 aromatic carbocycles. The quantitative estimate of drug-likeness (QED) is 0.828. The predicted molar refractivity (Wildman–Crippen MR) is 80.5 cm³/mol. The number of sulfone groups is 1. The third-order valence-electron chi connectivity index (χ3n) is 3.28. The Balaban J connectivity index is 2.27. The molecule has 1 unspecified atom stereocenters. The number of carboxylic acids is 1. The second kappa shape index (κ2) is 6.05. The molecule has 2 rings (SSSR count). The molecule has 110 valence electrons. The molecule has 1 aliphatic heterocycles. The molecular weight excluding hydrogens is 298 g/mol. The Kier molecular flexibility index (Phi) is 4.59. The number of benzene rings is 1. The topological polar surface area (TPSA) is 83.5 Å². The zero-order chi connectivity index (χ0) is 14.8. The molecule has 1 heterocycles. The minimum atomic E-state index is -3.02. The summed E-state index contributed by atoms with van der Waals surface area (Å²) in [6.07, 6.45) is 3.17. The normalized spacial score (nSPS) is 21.4. The summed E-state index contributed by atoms with van der Waals surface area (Å²) in [5.41, 5.74) is 0.703. The molecular formula is C13H17NO4S2. The van der Waals surface area contributed by atoms with Crippen LogP contribution in [0.15, 0.2) is 23.1 Å². The molecule has 0 aromatic heterocycles. The van der Waals surface area contributed by atoms with Gasteiger partial charge in [-0.3, -0.25) is 0 Å². The first-order valence-corrected chi connectivity index (χ1v) is 9.35. The molecule has 7 heteroatoms. The van der Waals surface area contributed by atoms with Gasteiger partial charge in [-0.05, 0) is 31.2 Å². The van der Waals surface area contributed by atoms with Crippen LogP contribution in [0, 0.1) is 0 Å². The summed E-state index contributed by atoms with van der Waals surface area (Å²) in [5.74, 6) is -0.715. The van der Waals surface area contributed by atoms with Crippen molar-refractivity contribution in [2.24, 2.45) is 0 Å². The zero-order valence-electron chi connectivity index (χ0n) is 11.1. The summed E-state index contributed by atoms with van der Waals surface area (Å²) in [6, 6.07) is 4.99. The van der Waals surface area contributed by atoms with Crippen LogP contribution in [-0.2, 0) is 9.84 Å². The van der Waals surface area contributed by atoms with Crippen LogP contribution in [0.1, 0.15) is 23.2 Å². The van der Waals surface area contributed by atoms with E-state index in [9.17, 15) is 18.3 Å². The first-order valence-electron chi connectivity index (χ1n) is 6.30. The zero-order valence-corrected chi connectivity index (χ0v) is 12.8. The highest BCUT2D eigenvalue weighted by molar-refractivity contribution is 7.98.